The van der Waals surface area contributed by atoms with E-state index in [0.29, 0.717) is 17.4 Å². The molecule has 0 atom stereocenters. The maximum atomic E-state index is 11.3. The molecule has 0 aliphatic rings. The van der Waals surface area contributed by atoms with Crippen LogP contribution in [0, 0.1) is 6.92 Å². The Morgan fingerprint density at radius 1 is 0.950 bits per heavy atom. The average molecular weight is 265 g/mol. The average Bonchev–Trinajstić information content (AvgIpc) is 2.46. The maximum absolute atomic E-state index is 11.3. The lowest BCUT2D eigenvalue weighted by atomic mass is 10.0. The Morgan fingerprint density at radius 2 is 1.50 bits per heavy atom. The zero-order chi connectivity index (χ0) is 14.5. The third-order valence-electron chi connectivity index (χ3n) is 2.97. The van der Waals surface area contributed by atoms with Gasteiger partial charge in [-0.1, -0.05) is 54.1 Å². The topological polar surface area (TPSA) is 57.2 Å². The first-order chi connectivity index (χ1) is 9.60. The van der Waals surface area contributed by atoms with Crippen LogP contribution in [0.25, 0.3) is 11.6 Å². The molecular formula is C17H13O3-. The van der Waals surface area contributed by atoms with Crippen LogP contribution in [0.5, 0.6) is 0 Å². The van der Waals surface area contributed by atoms with Crippen LogP contribution in [0.1, 0.15) is 27.0 Å². The van der Waals surface area contributed by atoms with Crippen LogP contribution in [0.3, 0.4) is 0 Å². The van der Waals surface area contributed by atoms with Crippen molar-refractivity contribution in [3.05, 3.63) is 70.8 Å². The second-order valence-corrected chi connectivity index (χ2v) is 4.50. The first-order valence-corrected chi connectivity index (χ1v) is 6.15. The Balaban J connectivity index is 2.42. The number of carbonyl (C=O) groups excluding carboxylic acids is 2. The van der Waals surface area contributed by atoms with Gasteiger partial charge in [-0.2, -0.15) is 0 Å². The number of hydrogen-bond donors (Lipinski definition) is 0. The molecule has 0 fully saturated rings. The van der Waals surface area contributed by atoms with Crippen molar-refractivity contribution in [3.8, 4) is 0 Å². The fraction of sp³-hybridized carbons (Fsp3) is 0.0588. The van der Waals surface area contributed by atoms with Crippen molar-refractivity contribution >= 4 is 23.9 Å². The van der Waals surface area contributed by atoms with Crippen LogP contribution in [0.2, 0.25) is 0 Å². The van der Waals surface area contributed by atoms with Crippen molar-refractivity contribution in [2.75, 3.05) is 0 Å². The number of aldehydes is 1. The van der Waals surface area contributed by atoms with E-state index in [2.05, 4.69) is 0 Å². The molecule has 0 aromatic heterocycles. The molecule has 2 aromatic carbocycles. The monoisotopic (exact) mass is 265 g/mol. The summed E-state index contributed by atoms with van der Waals surface area (Å²) >= 11 is 0. The van der Waals surface area contributed by atoms with E-state index in [9.17, 15) is 14.7 Å². The van der Waals surface area contributed by atoms with Gasteiger partial charge >= 0.3 is 0 Å². The molecule has 0 aliphatic heterocycles. The largest absolute Gasteiger partial charge is 0.545 e. The van der Waals surface area contributed by atoms with Crippen LogP contribution < -0.4 is 5.11 Å². The number of aliphatic carboxylic acids is 1. The molecule has 0 saturated heterocycles. The molecule has 3 heteroatoms. The zero-order valence-electron chi connectivity index (χ0n) is 11.0. The lowest BCUT2D eigenvalue weighted by molar-refractivity contribution is -0.295. The van der Waals surface area contributed by atoms with E-state index < -0.39 is 5.97 Å². The molecule has 0 N–H and O–H groups in total. The summed E-state index contributed by atoms with van der Waals surface area (Å²) in [6.07, 6.45) is 2.27. The Labute approximate surface area is 117 Å². The molecule has 100 valence electrons. The van der Waals surface area contributed by atoms with Gasteiger partial charge in [0.15, 0.2) is 0 Å². The molecule has 0 amide bonds. The van der Waals surface area contributed by atoms with E-state index in [0.717, 1.165) is 11.1 Å². The van der Waals surface area contributed by atoms with E-state index in [1.54, 1.807) is 30.3 Å². The molecule has 0 heterocycles. The van der Waals surface area contributed by atoms with Crippen LogP contribution >= 0.6 is 0 Å². The number of carbonyl (C=O) groups is 2. The highest BCUT2D eigenvalue weighted by molar-refractivity contribution is 6.19. The highest BCUT2D eigenvalue weighted by Crippen LogP contribution is 2.18. The summed E-state index contributed by atoms with van der Waals surface area (Å²) in [6, 6.07) is 13.9. The molecule has 2 rings (SSSR count). The van der Waals surface area contributed by atoms with E-state index in [-0.39, 0.29) is 5.57 Å². The summed E-state index contributed by atoms with van der Waals surface area (Å²) in [5, 5.41) is 11.3. The summed E-state index contributed by atoms with van der Waals surface area (Å²) in [7, 11) is 0. The van der Waals surface area contributed by atoms with Gasteiger partial charge in [0.25, 0.3) is 0 Å². The van der Waals surface area contributed by atoms with Crippen LogP contribution in [0.4, 0.5) is 0 Å². The first kappa shape index (κ1) is 13.7. The van der Waals surface area contributed by atoms with Crippen LogP contribution in [-0.2, 0) is 4.79 Å². The minimum Gasteiger partial charge on any atom is -0.545 e. The van der Waals surface area contributed by atoms with Crippen molar-refractivity contribution in [2.24, 2.45) is 0 Å². The standard InChI is InChI=1S/C17H14O3/c1-12-2-4-13(5-3-12)10-16(17(19)20)15-8-6-14(11-18)7-9-15/h2-11H,1H3,(H,19,20)/p-1/b16-10-. The third-order valence-corrected chi connectivity index (χ3v) is 2.97. The number of carboxylic acids is 1. The SMILES string of the molecule is Cc1ccc(/C=C(\C(=O)[O-])c2ccc(C=O)cc2)cc1. The predicted molar refractivity (Wildman–Crippen MR) is 75.9 cm³/mol. The van der Waals surface area contributed by atoms with Gasteiger partial charge in [0.2, 0.25) is 0 Å². The summed E-state index contributed by atoms with van der Waals surface area (Å²) < 4.78 is 0. The molecule has 2 aromatic rings. The first-order valence-electron chi connectivity index (χ1n) is 6.15. The number of benzene rings is 2. The summed E-state index contributed by atoms with van der Waals surface area (Å²) in [4.78, 5) is 21.9. The van der Waals surface area contributed by atoms with E-state index in [4.69, 9.17) is 0 Å². The Morgan fingerprint density at radius 3 is 2.00 bits per heavy atom. The molecule has 3 nitrogen and oxygen atoms in total. The van der Waals surface area contributed by atoms with Gasteiger partial charge in [-0.25, -0.2) is 0 Å². The minimum atomic E-state index is -1.25. The molecule has 0 unspecified atom stereocenters. The fourth-order valence-electron chi connectivity index (χ4n) is 1.83. The summed E-state index contributed by atoms with van der Waals surface area (Å²) in [5.74, 6) is -1.25. The minimum absolute atomic E-state index is 0.0892. The molecule has 0 aliphatic carbocycles. The Bertz CT molecular complexity index is 650. The van der Waals surface area contributed by atoms with Gasteiger partial charge in [0.05, 0.1) is 5.97 Å². The van der Waals surface area contributed by atoms with Crippen LogP contribution in [0.15, 0.2) is 48.5 Å². The maximum Gasteiger partial charge on any atom is 0.150 e. The molecular weight excluding hydrogens is 252 g/mol. The second kappa shape index (κ2) is 5.97. The molecule has 0 radical (unpaired) electrons. The fourth-order valence-corrected chi connectivity index (χ4v) is 1.83. The van der Waals surface area contributed by atoms with Crippen LogP contribution in [-0.4, -0.2) is 12.3 Å². The third kappa shape index (κ3) is 3.20. The summed E-state index contributed by atoms with van der Waals surface area (Å²) in [6.45, 7) is 1.96. The number of rotatable bonds is 4. The van der Waals surface area contributed by atoms with Gasteiger partial charge in [0, 0.05) is 11.1 Å². The Kier molecular flexibility index (Phi) is 4.11. The number of hydrogen-bond acceptors (Lipinski definition) is 3. The molecule has 0 spiro atoms. The highest BCUT2D eigenvalue weighted by Gasteiger charge is 2.03. The van der Waals surface area contributed by atoms with E-state index in [1.807, 2.05) is 31.2 Å². The van der Waals surface area contributed by atoms with Gasteiger partial charge in [0.1, 0.15) is 6.29 Å². The predicted octanol–water partition coefficient (Wildman–Crippen LogP) is 2.10. The van der Waals surface area contributed by atoms with Crippen molar-refractivity contribution in [1.82, 2.24) is 0 Å². The highest BCUT2D eigenvalue weighted by atomic mass is 16.4. The quantitative estimate of drug-likeness (QED) is 0.483. The van der Waals surface area contributed by atoms with Gasteiger partial charge in [-0.3, -0.25) is 4.79 Å². The van der Waals surface area contributed by atoms with Crippen molar-refractivity contribution in [3.63, 3.8) is 0 Å². The molecule has 0 bridgehead atoms. The normalized spacial score (nSPS) is 11.2. The van der Waals surface area contributed by atoms with E-state index in [1.165, 1.54) is 0 Å². The van der Waals surface area contributed by atoms with Crippen molar-refractivity contribution in [1.29, 1.82) is 0 Å². The lowest BCUT2D eigenvalue weighted by Gasteiger charge is -2.09. The van der Waals surface area contributed by atoms with Crippen molar-refractivity contribution in [2.45, 2.75) is 6.92 Å². The van der Waals surface area contributed by atoms with Gasteiger partial charge < -0.3 is 9.90 Å². The van der Waals surface area contributed by atoms with Crippen molar-refractivity contribution < 1.29 is 14.7 Å². The second-order valence-electron chi connectivity index (χ2n) is 4.50. The summed E-state index contributed by atoms with van der Waals surface area (Å²) in [5.41, 5.74) is 2.99. The molecule has 20 heavy (non-hydrogen) atoms. The number of aryl methyl sites for hydroxylation is 1. The zero-order valence-corrected chi connectivity index (χ0v) is 11.0. The molecule has 0 saturated carbocycles. The smallest absolute Gasteiger partial charge is 0.150 e. The van der Waals surface area contributed by atoms with Gasteiger partial charge in [-0.05, 0) is 24.1 Å². The number of carboxylic acid groups (broad SMARTS) is 1. The lowest BCUT2D eigenvalue weighted by Crippen LogP contribution is -2.23. The Hall–Kier alpha value is -2.68. The van der Waals surface area contributed by atoms with Gasteiger partial charge in [-0.15, -0.1) is 0 Å². The van der Waals surface area contributed by atoms with E-state index >= 15 is 0 Å².